The van der Waals surface area contributed by atoms with Crippen molar-refractivity contribution in [2.45, 2.75) is 51.8 Å². The number of hydrogen-bond donors (Lipinski definition) is 2. The monoisotopic (exact) mass is 226 g/mol. The molecule has 1 heterocycles. The SMILES string of the molecule is CCOC1CC(NC2CNC(=O)C2)C1(C)C. The van der Waals surface area contributed by atoms with E-state index in [0.717, 1.165) is 19.6 Å². The Morgan fingerprint density at radius 3 is 2.81 bits per heavy atom. The van der Waals surface area contributed by atoms with Crippen LogP contribution >= 0.6 is 0 Å². The van der Waals surface area contributed by atoms with Crippen LogP contribution in [0.4, 0.5) is 0 Å². The van der Waals surface area contributed by atoms with E-state index in [-0.39, 0.29) is 11.3 Å². The summed E-state index contributed by atoms with van der Waals surface area (Å²) in [5.74, 6) is 0.163. The molecule has 92 valence electrons. The molecule has 3 unspecified atom stereocenters. The van der Waals surface area contributed by atoms with Gasteiger partial charge in [0.05, 0.1) is 6.10 Å². The smallest absolute Gasteiger partial charge is 0.221 e. The number of ether oxygens (including phenoxy) is 1. The first-order valence-electron chi connectivity index (χ1n) is 6.18. The molecule has 16 heavy (non-hydrogen) atoms. The van der Waals surface area contributed by atoms with Crippen LogP contribution in [0.5, 0.6) is 0 Å². The Kier molecular flexibility index (Phi) is 3.22. The summed E-state index contributed by atoms with van der Waals surface area (Å²) in [6.07, 6.45) is 2.04. The molecule has 0 radical (unpaired) electrons. The molecule has 1 saturated heterocycles. The van der Waals surface area contributed by atoms with Gasteiger partial charge >= 0.3 is 0 Å². The Balaban J connectivity index is 1.82. The fourth-order valence-corrected chi connectivity index (χ4v) is 2.66. The van der Waals surface area contributed by atoms with E-state index in [2.05, 4.69) is 24.5 Å². The lowest BCUT2D eigenvalue weighted by Crippen LogP contribution is -2.63. The topological polar surface area (TPSA) is 50.4 Å². The van der Waals surface area contributed by atoms with Crippen molar-refractivity contribution in [3.05, 3.63) is 0 Å². The summed E-state index contributed by atoms with van der Waals surface area (Å²) in [6, 6.07) is 0.779. The van der Waals surface area contributed by atoms with Crippen LogP contribution in [-0.4, -0.2) is 37.2 Å². The fourth-order valence-electron chi connectivity index (χ4n) is 2.66. The number of amides is 1. The molecule has 4 nitrogen and oxygen atoms in total. The molecule has 1 aliphatic carbocycles. The van der Waals surface area contributed by atoms with Gasteiger partial charge in [0.1, 0.15) is 0 Å². The molecule has 2 rings (SSSR count). The van der Waals surface area contributed by atoms with E-state index in [1.165, 1.54) is 0 Å². The van der Waals surface area contributed by atoms with Crippen molar-refractivity contribution in [2.75, 3.05) is 13.2 Å². The normalized spacial score (nSPS) is 36.9. The molecule has 1 amide bonds. The highest BCUT2D eigenvalue weighted by Crippen LogP contribution is 2.43. The standard InChI is InChI=1S/C12H22N2O2/c1-4-16-10-6-9(12(10,2)3)14-8-5-11(15)13-7-8/h8-10,14H,4-7H2,1-3H3,(H,13,15). The van der Waals surface area contributed by atoms with Crippen molar-refractivity contribution in [3.8, 4) is 0 Å². The molecule has 0 aromatic carbocycles. The highest BCUT2D eigenvalue weighted by molar-refractivity contribution is 5.78. The minimum atomic E-state index is 0.163. The predicted molar refractivity (Wildman–Crippen MR) is 62.2 cm³/mol. The second kappa shape index (κ2) is 4.34. The second-order valence-corrected chi connectivity index (χ2v) is 5.43. The Morgan fingerprint density at radius 2 is 2.31 bits per heavy atom. The van der Waals surface area contributed by atoms with E-state index >= 15 is 0 Å². The van der Waals surface area contributed by atoms with Crippen molar-refractivity contribution >= 4 is 5.91 Å². The fraction of sp³-hybridized carbons (Fsp3) is 0.917. The number of rotatable bonds is 4. The van der Waals surface area contributed by atoms with Crippen LogP contribution < -0.4 is 10.6 Å². The maximum atomic E-state index is 11.1. The maximum Gasteiger partial charge on any atom is 0.221 e. The minimum Gasteiger partial charge on any atom is -0.378 e. The molecule has 3 atom stereocenters. The number of carbonyl (C=O) groups excluding carboxylic acids is 1. The van der Waals surface area contributed by atoms with Gasteiger partial charge in [-0.15, -0.1) is 0 Å². The first-order valence-corrected chi connectivity index (χ1v) is 6.18. The molecular weight excluding hydrogens is 204 g/mol. The summed E-state index contributed by atoms with van der Waals surface area (Å²) < 4.78 is 5.69. The summed E-state index contributed by atoms with van der Waals surface area (Å²) in [4.78, 5) is 11.1. The molecule has 0 spiro atoms. The van der Waals surface area contributed by atoms with Crippen molar-refractivity contribution < 1.29 is 9.53 Å². The molecule has 2 fully saturated rings. The van der Waals surface area contributed by atoms with E-state index in [9.17, 15) is 4.79 Å². The zero-order valence-corrected chi connectivity index (χ0v) is 10.4. The summed E-state index contributed by atoms with van der Waals surface area (Å²) in [6.45, 7) is 8.06. The molecule has 0 aromatic heterocycles. The molecular formula is C12H22N2O2. The van der Waals surface area contributed by atoms with E-state index in [0.29, 0.717) is 24.6 Å². The molecule has 0 aromatic rings. The summed E-state index contributed by atoms with van der Waals surface area (Å²) in [5.41, 5.74) is 0.182. The van der Waals surface area contributed by atoms with E-state index in [1.54, 1.807) is 0 Å². The van der Waals surface area contributed by atoms with Crippen LogP contribution in [0.25, 0.3) is 0 Å². The van der Waals surface area contributed by atoms with Gasteiger partial charge in [-0.05, 0) is 13.3 Å². The van der Waals surface area contributed by atoms with Crippen LogP contribution in [0.1, 0.15) is 33.6 Å². The van der Waals surface area contributed by atoms with Gasteiger partial charge < -0.3 is 15.4 Å². The highest BCUT2D eigenvalue weighted by Gasteiger charge is 2.49. The number of nitrogens with one attached hydrogen (secondary N) is 2. The highest BCUT2D eigenvalue weighted by atomic mass is 16.5. The molecule has 1 aliphatic heterocycles. The molecule has 0 bridgehead atoms. The van der Waals surface area contributed by atoms with Gasteiger partial charge in [-0.2, -0.15) is 0 Å². The molecule has 4 heteroatoms. The lowest BCUT2D eigenvalue weighted by atomic mass is 9.64. The maximum absolute atomic E-state index is 11.1. The largest absolute Gasteiger partial charge is 0.378 e. The predicted octanol–water partition coefficient (Wildman–Crippen LogP) is 0.668. The van der Waals surface area contributed by atoms with Crippen LogP contribution in [-0.2, 0) is 9.53 Å². The van der Waals surface area contributed by atoms with Gasteiger partial charge in [-0.1, -0.05) is 13.8 Å². The molecule has 1 saturated carbocycles. The zero-order chi connectivity index (χ0) is 11.8. The van der Waals surface area contributed by atoms with Crippen molar-refractivity contribution in [3.63, 3.8) is 0 Å². The van der Waals surface area contributed by atoms with E-state index in [4.69, 9.17) is 4.74 Å². The van der Waals surface area contributed by atoms with Crippen molar-refractivity contribution in [1.29, 1.82) is 0 Å². The van der Waals surface area contributed by atoms with Crippen molar-refractivity contribution in [2.24, 2.45) is 5.41 Å². The van der Waals surface area contributed by atoms with Gasteiger partial charge in [-0.3, -0.25) is 4.79 Å². The third kappa shape index (κ3) is 2.09. The zero-order valence-electron chi connectivity index (χ0n) is 10.4. The Hall–Kier alpha value is -0.610. The van der Waals surface area contributed by atoms with Crippen molar-refractivity contribution in [1.82, 2.24) is 10.6 Å². The number of hydrogen-bond acceptors (Lipinski definition) is 3. The first-order chi connectivity index (χ1) is 7.54. The van der Waals surface area contributed by atoms with E-state index in [1.807, 2.05) is 6.92 Å². The quantitative estimate of drug-likeness (QED) is 0.740. The van der Waals surface area contributed by atoms with Gasteiger partial charge in [0.25, 0.3) is 0 Å². The Bertz CT molecular complexity index is 278. The van der Waals surface area contributed by atoms with Crippen LogP contribution in [0.15, 0.2) is 0 Å². The summed E-state index contributed by atoms with van der Waals surface area (Å²) in [7, 11) is 0. The third-order valence-corrected chi connectivity index (χ3v) is 3.96. The average Bonchev–Trinajstić information content (AvgIpc) is 2.63. The molecule has 2 aliphatic rings. The van der Waals surface area contributed by atoms with Gasteiger partial charge in [0, 0.05) is 37.1 Å². The molecule has 2 N–H and O–H groups in total. The van der Waals surface area contributed by atoms with Crippen LogP contribution in [0, 0.1) is 5.41 Å². The Labute approximate surface area is 97.1 Å². The van der Waals surface area contributed by atoms with Gasteiger partial charge in [-0.25, -0.2) is 0 Å². The summed E-state index contributed by atoms with van der Waals surface area (Å²) in [5, 5.41) is 6.42. The number of carbonyl (C=O) groups is 1. The van der Waals surface area contributed by atoms with E-state index < -0.39 is 0 Å². The lowest BCUT2D eigenvalue weighted by Gasteiger charge is -2.52. The third-order valence-electron chi connectivity index (χ3n) is 3.96. The van der Waals surface area contributed by atoms with Gasteiger partial charge in [0.2, 0.25) is 5.91 Å². The van der Waals surface area contributed by atoms with Crippen LogP contribution in [0.3, 0.4) is 0 Å². The Morgan fingerprint density at radius 1 is 1.56 bits per heavy atom. The van der Waals surface area contributed by atoms with Crippen LogP contribution in [0.2, 0.25) is 0 Å². The minimum absolute atomic E-state index is 0.163. The summed E-state index contributed by atoms with van der Waals surface area (Å²) >= 11 is 0. The average molecular weight is 226 g/mol. The first kappa shape index (κ1) is 11.9. The lowest BCUT2D eigenvalue weighted by molar-refractivity contribution is -0.120. The van der Waals surface area contributed by atoms with Gasteiger partial charge in [0.15, 0.2) is 0 Å². The second-order valence-electron chi connectivity index (χ2n) is 5.43.